The van der Waals surface area contributed by atoms with E-state index in [-0.39, 0.29) is 0 Å². The minimum Gasteiger partial charge on any atom is -0.0673 e. The van der Waals surface area contributed by atoms with E-state index >= 15 is 0 Å². The highest BCUT2D eigenvalue weighted by atomic mass is 14.4. The van der Waals surface area contributed by atoms with Crippen LogP contribution in [-0.4, -0.2) is 0 Å². The summed E-state index contributed by atoms with van der Waals surface area (Å²) in [6.07, 6.45) is 27.4. The second kappa shape index (κ2) is 8.41. The molecule has 4 aliphatic carbocycles. The molecule has 0 nitrogen and oxygen atoms in total. The molecular weight excluding hydrogens is 288 g/mol. The molecule has 0 aromatic heterocycles. The maximum absolute atomic E-state index is 2.10. The van der Waals surface area contributed by atoms with Crippen LogP contribution in [-0.2, 0) is 0 Å². The molecule has 3 fully saturated rings. The zero-order valence-corrected chi connectivity index (χ0v) is 16.0. The molecule has 0 saturated heterocycles. The summed E-state index contributed by atoms with van der Waals surface area (Å²) in [5, 5.41) is 0. The highest BCUT2D eigenvalue weighted by molar-refractivity contribution is 5.26. The van der Waals surface area contributed by atoms with Gasteiger partial charge in [0.05, 0.1) is 0 Å². The molecule has 1 atom stereocenters. The van der Waals surface area contributed by atoms with Crippen LogP contribution in [0.1, 0.15) is 116 Å². The van der Waals surface area contributed by atoms with Crippen molar-refractivity contribution in [1.29, 1.82) is 0 Å². The average Bonchev–Trinajstić information content (AvgIpc) is 2.69. The van der Waals surface area contributed by atoms with Gasteiger partial charge in [0.25, 0.3) is 0 Å². The molecule has 0 spiro atoms. The van der Waals surface area contributed by atoms with Gasteiger partial charge in [-0.25, -0.2) is 0 Å². The fourth-order valence-corrected chi connectivity index (χ4v) is 6.95. The molecule has 0 N–H and O–H groups in total. The summed E-state index contributed by atoms with van der Waals surface area (Å²) in [5.41, 5.74) is 4.14. The topological polar surface area (TPSA) is 0 Å². The molecule has 0 bridgehead atoms. The second-order valence-electron chi connectivity index (χ2n) is 9.55. The van der Waals surface area contributed by atoms with Crippen molar-refractivity contribution in [1.82, 2.24) is 0 Å². The molecule has 4 aliphatic rings. The number of hydrogen-bond acceptors (Lipinski definition) is 0. The summed E-state index contributed by atoms with van der Waals surface area (Å²) in [6, 6.07) is 0. The lowest BCUT2D eigenvalue weighted by Crippen LogP contribution is -2.30. The molecule has 0 heteroatoms. The van der Waals surface area contributed by atoms with Gasteiger partial charge in [0.15, 0.2) is 0 Å². The molecule has 0 aromatic carbocycles. The van der Waals surface area contributed by atoms with E-state index < -0.39 is 0 Å². The van der Waals surface area contributed by atoms with E-state index in [1.54, 1.807) is 19.3 Å². The van der Waals surface area contributed by atoms with Gasteiger partial charge in [0.2, 0.25) is 0 Å². The average molecular weight is 329 g/mol. The fourth-order valence-electron chi connectivity index (χ4n) is 6.95. The third-order valence-electron chi connectivity index (χ3n) is 8.09. The number of hydrogen-bond donors (Lipinski definition) is 0. The van der Waals surface area contributed by atoms with Crippen LogP contribution in [0, 0.1) is 23.7 Å². The molecule has 3 saturated carbocycles. The molecule has 0 aliphatic heterocycles. The van der Waals surface area contributed by atoms with Crippen molar-refractivity contribution in [3.63, 3.8) is 0 Å². The molecule has 0 heterocycles. The number of rotatable bonds is 3. The Balaban J connectivity index is 1.63. The van der Waals surface area contributed by atoms with Crippen molar-refractivity contribution in [2.45, 2.75) is 116 Å². The monoisotopic (exact) mass is 328 g/mol. The van der Waals surface area contributed by atoms with E-state index in [1.807, 2.05) is 5.57 Å². The Bertz CT molecular complexity index is 413. The summed E-state index contributed by atoms with van der Waals surface area (Å²) >= 11 is 0. The zero-order chi connectivity index (χ0) is 16.2. The van der Waals surface area contributed by atoms with E-state index in [9.17, 15) is 0 Å². The SMILES string of the molecule is C1CCC(C2=C(C3CCCCC3)C(C3CCCCC3)CCC2)CC1. The van der Waals surface area contributed by atoms with E-state index in [2.05, 4.69) is 5.57 Å². The van der Waals surface area contributed by atoms with Crippen LogP contribution in [0.2, 0.25) is 0 Å². The summed E-state index contributed by atoms with van der Waals surface area (Å²) in [7, 11) is 0. The highest BCUT2D eigenvalue weighted by Gasteiger charge is 2.36. The zero-order valence-electron chi connectivity index (χ0n) is 16.0. The fraction of sp³-hybridized carbons (Fsp3) is 0.917. The Kier molecular flexibility index (Phi) is 6.02. The van der Waals surface area contributed by atoms with Crippen molar-refractivity contribution in [2.75, 3.05) is 0 Å². The van der Waals surface area contributed by atoms with E-state index in [0.29, 0.717) is 0 Å². The quantitative estimate of drug-likeness (QED) is 0.463. The van der Waals surface area contributed by atoms with Gasteiger partial charge >= 0.3 is 0 Å². The first-order chi connectivity index (χ1) is 11.9. The Hall–Kier alpha value is -0.260. The largest absolute Gasteiger partial charge is 0.0673 e. The lowest BCUT2D eigenvalue weighted by molar-refractivity contribution is 0.219. The first-order valence-corrected chi connectivity index (χ1v) is 11.7. The maximum Gasteiger partial charge on any atom is -0.0169 e. The van der Waals surface area contributed by atoms with Crippen molar-refractivity contribution in [3.8, 4) is 0 Å². The van der Waals surface area contributed by atoms with E-state index in [4.69, 9.17) is 0 Å². The summed E-state index contributed by atoms with van der Waals surface area (Å²) in [6.45, 7) is 0. The molecule has 0 amide bonds. The first kappa shape index (κ1) is 17.2. The summed E-state index contributed by atoms with van der Waals surface area (Å²) < 4.78 is 0. The molecular formula is C24H40. The van der Waals surface area contributed by atoms with E-state index in [1.165, 1.54) is 96.3 Å². The third kappa shape index (κ3) is 3.78. The minimum absolute atomic E-state index is 1.00. The van der Waals surface area contributed by atoms with Gasteiger partial charge in [-0.2, -0.15) is 0 Å². The maximum atomic E-state index is 2.10. The van der Waals surface area contributed by atoms with Gasteiger partial charge in [-0.3, -0.25) is 0 Å². The van der Waals surface area contributed by atoms with Gasteiger partial charge in [0, 0.05) is 0 Å². The molecule has 1 unspecified atom stereocenters. The van der Waals surface area contributed by atoms with Crippen LogP contribution in [0.15, 0.2) is 11.1 Å². The van der Waals surface area contributed by atoms with Gasteiger partial charge < -0.3 is 0 Å². The second-order valence-corrected chi connectivity index (χ2v) is 9.55. The standard InChI is InChI=1S/C24H40/c1-4-11-19(12-5-1)22-17-10-18-23(20-13-6-2-7-14-20)24(22)21-15-8-3-9-16-21/h19-22H,1-18H2. The van der Waals surface area contributed by atoms with Crippen LogP contribution in [0.5, 0.6) is 0 Å². The summed E-state index contributed by atoms with van der Waals surface area (Å²) in [5.74, 6) is 4.08. The van der Waals surface area contributed by atoms with Gasteiger partial charge in [-0.05, 0) is 81.5 Å². The normalized spacial score (nSPS) is 32.2. The van der Waals surface area contributed by atoms with Crippen molar-refractivity contribution in [3.05, 3.63) is 11.1 Å². The Labute approximate surface area is 150 Å². The molecule has 0 aromatic rings. The van der Waals surface area contributed by atoms with Crippen LogP contribution < -0.4 is 0 Å². The van der Waals surface area contributed by atoms with Gasteiger partial charge in [-0.1, -0.05) is 68.9 Å². The first-order valence-electron chi connectivity index (χ1n) is 11.7. The van der Waals surface area contributed by atoms with Gasteiger partial charge in [-0.15, -0.1) is 0 Å². The molecule has 0 radical (unpaired) electrons. The lowest BCUT2D eigenvalue weighted by atomic mass is 9.62. The van der Waals surface area contributed by atoms with Crippen LogP contribution in [0.25, 0.3) is 0 Å². The van der Waals surface area contributed by atoms with Crippen molar-refractivity contribution >= 4 is 0 Å². The van der Waals surface area contributed by atoms with Crippen LogP contribution in [0.4, 0.5) is 0 Å². The predicted octanol–water partition coefficient (Wildman–Crippen LogP) is 7.82. The Morgan fingerprint density at radius 1 is 0.458 bits per heavy atom. The van der Waals surface area contributed by atoms with Crippen LogP contribution in [0.3, 0.4) is 0 Å². The number of allylic oxidation sites excluding steroid dienone is 2. The van der Waals surface area contributed by atoms with Crippen molar-refractivity contribution in [2.24, 2.45) is 23.7 Å². The Morgan fingerprint density at radius 3 is 1.62 bits per heavy atom. The predicted molar refractivity (Wildman–Crippen MR) is 104 cm³/mol. The lowest BCUT2D eigenvalue weighted by Gasteiger charge is -2.43. The van der Waals surface area contributed by atoms with Gasteiger partial charge in [0.1, 0.15) is 0 Å². The molecule has 4 rings (SSSR count). The molecule has 24 heavy (non-hydrogen) atoms. The molecule has 136 valence electrons. The summed E-state index contributed by atoms with van der Waals surface area (Å²) in [4.78, 5) is 0. The third-order valence-corrected chi connectivity index (χ3v) is 8.09. The van der Waals surface area contributed by atoms with Crippen molar-refractivity contribution < 1.29 is 0 Å². The Morgan fingerprint density at radius 2 is 1.00 bits per heavy atom. The smallest absolute Gasteiger partial charge is 0.0169 e. The minimum atomic E-state index is 1.00. The van der Waals surface area contributed by atoms with Crippen LogP contribution >= 0.6 is 0 Å². The highest BCUT2D eigenvalue weighted by Crippen LogP contribution is 2.50. The van der Waals surface area contributed by atoms with E-state index in [0.717, 1.165) is 23.7 Å².